The lowest BCUT2D eigenvalue weighted by molar-refractivity contribution is 0.0390. The van der Waals surface area contributed by atoms with Gasteiger partial charge >= 0.3 is 6.09 Å². The van der Waals surface area contributed by atoms with Crippen LogP contribution in [0.3, 0.4) is 0 Å². The van der Waals surface area contributed by atoms with E-state index in [0.29, 0.717) is 12.0 Å². The van der Waals surface area contributed by atoms with Crippen LogP contribution in [0.25, 0.3) is 0 Å². The molecule has 1 unspecified atom stereocenters. The van der Waals surface area contributed by atoms with Gasteiger partial charge in [0.1, 0.15) is 5.60 Å². The van der Waals surface area contributed by atoms with Crippen LogP contribution in [-0.4, -0.2) is 58.4 Å². The topological polar surface area (TPSA) is 111 Å². The fourth-order valence-corrected chi connectivity index (χ4v) is 3.18. The lowest BCUT2D eigenvalue weighted by atomic mass is 9.99. The van der Waals surface area contributed by atoms with Crippen LogP contribution in [0.4, 0.5) is 4.79 Å². The van der Waals surface area contributed by atoms with E-state index in [2.05, 4.69) is 10.6 Å². The Morgan fingerprint density at radius 1 is 0.968 bits per heavy atom. The maximum absolute atomic E-state index is 12.3. The van der Waals surface area contributed by atoms with Crippen LogP contribution >= 0.6 is 0 Å². The fourth-order valence-electron chi connectivity index (χ4n) is 3.18. The summed E-state index contributed by atoms with van der Waals surface area (Å²) in [5.74, 6) is 0. The Bertz CT molecular complexity index is 780. The number of amides is 1. The van der Waals surface area contributed by atoms with Gasteiger partial charge in [-0.1, -0.05) is 60.7 Å². The number of rotatable bonds is 10. The molecule has 170 valence electrons. The van der Waals surface area contributed by atoms with Gasteiger partial charge in [-0.2, -0.15) is 0 Å². The molecule has 7 nitrogen and oxygen atoms in total. The molecular weight excluding hydrogens is 396 g/mol. The lowest BCUT2D eigenvalue weighted by Gasteiger charge is -2.29. The molecule has 0 saturated heterocycles. The highest BCUT2D eigenvalue weighted by Crippen LogP contribution is 2.17. The first-order valence-electron chi connectivity index (χ1n) is 10.5. The van der Waals surface area contributed by atoms with Gasteiger partial charge in [0, 0.05) is 6.54 Å². The number of aliphatic hydroxyl groups excluding tert-OH is 3. The molecule has 0 aliphatic carbocycles. The zero-order valence-corrected chi connectivity index (χ0v) is 18.4. The Morgan fingerprint density at radius 2 is 1.55 bits per heavy atom. The summed E-state index contributed by atoms with van der Waals surface area (Å²) in [6.45, 7) is 5.06. The van der Waals surface area contributed by atoms with Gasteiger partial charge in [-0.05, 0) is 38.3 Å². The van der Waals surface area contributed by atoms with E-state index in [-0.39, 0.29) is 13.2 Å². The van der Waals surface area contributed by atoms with Crippen LogP contribution in [0.1, 0.15) is 38.0 Å². The quantitative estimate of drug-likeness (QED) is 0.395. The summed E-state index contributed by atoms with van der Waals surface area (Å²) < 4.78 is 5.34. The zero-order chi connectivity index (χ0) is 22.9. The van der Waals surface area contributed by atoms with Crippen LogP contribution < -0.4 is 10.6 Å². The summed E-state index contributed by atoms with van der Waals surface area (Å²) in [6.07, 6.45) is -2.14. The molecule has 0 aliphatic heterocycles. The Morgan fingerprint density at radius 3 is 2.10 bits per heavy atom. The number of ether oxygens (including phenoxy) is 1. The number of alkyl carbamates (subject to hydrolysis) is 1. The SMILES string of the molecule is CC(C)(C)OC(=O)N[C@@H](Cc1ccccc1)[C@H](O)CN[C@@H](CO)C(O)c1ccccc1. The van der Waals surface area contributed by atoms with Crippen molar-refractivity contribution in [3.05, 3.63) is 71.8 Å². The molecule has 2 rings (SSSR count). The molecule has 31 heavy (non-hydrogen) atoms. The highest BCUT2D eigenvalue weighted by atomic mass is 16.6. The van der Waals surface area contributed by atoms with Crippen molar-refractivity contribution < 1.29 is 24.9 Å². The smallest absolute Gasteiger partial charge is 0.407 e. The molecule has 4 atom stereocenters. The van der Waals surface area contributed by atoms with E-state index in [0.717, 1.165) is 5.56 Å². The Kier molecular flexibility index (Phi) is 9.45. The minimum atomic E-state index is -0.982. The molecule has 5 N–H and O–H groups in total. The summed E-state index contributed by atoms with van der Waals surface area (Å²) in [6, 6.07) is 17.2. The van der Waals surface area contributed by atoms with Crippen molar-refractivity contribution in [3.63, 3.8) is 0 Å². The minimum absolute atomic E-state index is 0.0580. The molecule has 0 heterocycles. The van der Waals surface area contributed by atoms with Gasteiger partial charge in [0.2, 0.25) is 0 Å². The van der Waals surface area contributed by atoms with Gasteiger partial charge in [-0.3, -0.25) is 0 Å². The van der Waals surface area contributed by atoms with Crippen molar-refractivity contribution in [1.82, 2.24) is 10.6 Å². The lowest BCUT2D eigenvalue weighted by Crippen LogP contribution is -2.52. The van der Waals surface area contributed by atoms with Gasteiger partial charge in [-0.15, -0.1) is 0 Å². The standard InChI is InChI=1S/C24H34N2O5/c1-24(2,3)31-23(30)26-19(14-17-10-6-4-7-11-17)21(28)15-25-20(16-27)22(29)18-12-8-5-9-13-18/h4-13,19-22,25,27-29H,14-16H2,1-3H3,(H,26,30)/t19-,20-,21+,22?/m0/s1. The number of benzene rings is 2. The van der Waals surface area contributed by atoms with Gasteiger partial charge in [0.05, 0.1) is 30.9 Å². The largest absolute Gasteiger partial charge is 0.444 e. The molecule has 2 aromatic rings. The highest BCUT2D eigenvalue weighted by Gasteiger charge is 2.27. The fraction of sp³-hybridized carbons (Fsp3) is 0.458. The first-order chi connectivity index (χ1) is 14.7. The van der Waals surface area contributed by atoms with Gasteiger partial charge in [0.25, 0.3) is 0 Å². The van der Waals surface area contributed by atoms with Crippen LogP contribution in [-0.2, 0) is 11.2 Å². The van der Waals surface area contributed by atoms with E-state index in [1.807, 2.05) is 48.5 Å². The molecule has 1 amide bonds. The van der Waals surface area contributed by atoms with E-state index >= 15 is 0 Å². The molecule has 0 saturated carbocycles. The average molecular weight is 431 g/mol. The predicted molar refractivity (Wildman–Crippen MR) is 120 cm³/mol. The van der Waals surface area contributed by atoms with Crippen molar-refractivity contribution in [3.8, 4) is 0 Å². The van der Waals surface area contributed by atoms with Crippen molar-refractivity contribution in [2.75, 3.05) is 13.2 Å². The van der Waals surface area contributed by atoms with E-state index in [1.54, 1.807) is 32.9 Å². The van der Waals surface area contributed by atoms with Gasteiger partial charge in [0.15, 0.2) is 0 Å². The molecule has 0 spiro atoms. The normalized spacial score (nSPS) is 15.5. The first-order valence-corrected chi connectivity index (χ1v) is 10.5. The molecule has 0 radical (unpaired) electrons. The summed E-state index contributed by atoms with van der Waals surface area (Å²) in [5.41, 5.74) is 0.953. The Balaban J connectivity index is 2.04. The number of hydrogen-bond acceptors (Lipinski definition) is 6. The number of nitrogens with one attached hydrogen (secondary N) is 2. The minimum Gasteiger partial charge on any atom is -0.444 e. The third-order valence-corrected chi connectivity index (χ3v) is 4.77. The second kappa shape index (κ2) is 11.8. The predicted octanol–water partition coefficient (Wildman–Crippen LogP) is 2.17. The first kappa shape index (κ1) is 24.8. The third-order valence-electron chi connectivity index (χ3n) is 4.77. The number of carbonyl (C=O) groups is 1. The van der Waals surface area contributed by atoms with Crippen LogP contribution in [0.15, 0.2) is 60.7 Å². The summed E-state index contributed by atoms with van der Waals surface area (Å²) in [7, 11) is 0. The van der Waals surface area contributed by atoms with E-state index < -0.39 is 36.0 Å². The van der Waals surface area contributed by atoms with Crippen LogP contribution in [0, 0.1) is 0 Å². The molecule has 0 fully saturated rings. The monoisotopic (exact) mass is 430 g/mol. The zero-order valence-electron chi connectivity index (χ0n) is 18.4. The van der Waals surface area contributed by atoms with Crippen molar-refractivity contribution in [2.24, 2.45) is 0 Å². The van der Waals surface area contributed by atoms with Gasteiger partial charge in [-0.25, -0.2) is 4.79 Å². The summed E-state index contributed by atoms with van der Waals surface area (Å²) in [5, 5.41) is 36.8. The summed E-state index contributed by atoms with van der Waals surface area (Å²) in [4.78, 5) is 12.3. The number of aliphatic hydroxyl groups is 3. The third kappa shape index (κ3) is 8.67. The maximum Gasteiger partial charge on any atom is 0.407 e. The van der Waals surface area contributed by atoms with E-state index in [1.165, 1.54) is 0 Å². The van der Waals surface area contributed by atoms with Crippen LogP contribution in [0.2, 0.25) is 0 Å². The molecular formula is C24H34N2O5. The van der Waals surface area contributed by atoms with Gasteiger partial charge < -0.3 is 30.7 Å². The highest BCUT2D eigenvalue weighted by molar-refractivity contribution is 5.68. The van der Waals surface area contributed by atoms with Crippen molar-refractivity contribution >= 4 is 6.09 Å². The number of carbonyl (C=O) groups excluding carboxylic acids is 1. The Hall–Kier alpha value is -2.45. The molecule has 0 aliphatic rings. The van der Waals surface area contributed by atoms with E-state index in [9.17, 15) is 20.1 Å². The molecule has 7 heteroatoms. The van der Waals surface area contributed by atoms with Crippen molar-refractivity contribution in [1.29, 1.82) is 0 Å². The van der Waals surface area contributed by atoms with E-state index in [4.69, 9.17) is 4.74 Å². The van der Waals surface area contributed by atoms with Crippen molar-refractivity contribution in [2.45, 2.75) is 57.1 Å². The second-order valence-corrected chi connectivity index (χ2v) is 8.56. The summed E-state index contributed by atoms with van der Waals surface area (Å²) >= 11 is 0. The average Bonchev–Trinajstić information content (AvgIpc) is 2.73. The molecule has 2 aromatic carbocycles. The number of hydrogen-bond donors (Lipinski definition) is 5. The second-order valence-electron chi connectivity index (χ2n) is 8.56. The molecule has 0 bridgehead atoms. The Labute approximate surface area is 184 Å². The van der Waals surface area contributed by atoms with Crippen LogP contribution in [0.5, 0.6) is 0 Å². The molecule has 0 aromatic heterocycles. The maximum atomic E-state index is 12.3.